The maximum atomic E-state index is 11.5. The first kappa shape index (κ1) is 8.62. The van der Waals surface area contributed by atoms with E-state index in [0.717, 1.165) is 18.8 Å². The molecule has 0 radical (unpaired) electrons. The molecule has 0 aliphatic carbocycles. The van der Waals surface area contributed by atoms with Crippen LogP contribution < -0.4 is 4.90 Å². The molecule has 0 N–H and O–H groups in total. The predicted octanol–water partition coefficient (Wildman–Crippen LogP) is 0.455. The minimum atomic E-state index is -0.151. The first-order valence-corrected chi connectivity index (χ1v) is 4.69. The minimum absolute atomic E-state index is 0.0574. The van der Waals surface area contributed by atoms with Crippen LogP contribution in [0.25, 0.3) is 0 Å². The van der Waals surface area contributed by atoms with Crippen molar-refractivity contribution >= 4 is 24.4 Å². The van der Waals surface area contributed by atoms with E-state index in [1.54, 1.807) is 9.58 Å². The Balaban J connectivity index is 2.23. The van der Waals surface area contributed by atoms with Crippen molar-refractivity contribution in [3.8, 4) is 0 Å². The van der Waals surface area contributed by atoms with Gasteiger partial charge < -0.3 is 0 Å². The number of carbonyl (C=O) groups is 1. The molecule has 2 rings (SSSR count). The molecule has 1 unspecified atom stereocenters. The highest BCUT2D eigenvalue weighted by Gasteiger charge is 2.30. The number of aromatic nitrogens is 2. The van der Waals surface area contributed by atoms with E-state index in [1.165, 1.54) is 0 Å². The van der Waals surface area contributed by atoms with E-state index >= 15 is 0 Å². The smallest absolute Gasteiger partial charge is 0.241 e. The fraction of sp³-hybridized carbons (Fsp3) is 0.500. The molecule has 1 atom stereocenters. The summed E-state index contributed by atoms with van der Waals surface area (Å²) in [6.45, 7) is 0.726. The van der Waals surface area contributed by atoms with E-state index in [2.05, 4.69) is 17.7 Å². The molecule has 1 aliphatic rings. The summed E-state index contributed by atoms with van der Waals surface area (Å²) in [5, 5.41) is 4.01. The Kier molecular flexibility index (Phi) is 2.03. The van der Waals surface area contributed by atoms with Gasteiger partial charge >= 0.3 is 0 Å². The van der Waals surface area contributed by atoms with Crippen LogP contribution in [0.4, 0.5) is 5.82 Å². The Hall–Kier alpha value is -0.970. The number of anilines is 1. The molecule has 5 heteroatoms. The second-order valence-corrected chi connectivity index (χ2v) is 3.77. The molecule has 1 fully saturated rings. The van der Waals surface area contributed by atoms with Gasteiger partial charge in [0.15, 0.2) is 5.82 Å². The highest BCUT2D eigenvalue weighted by molar-refractivity contribution is 7.81. The summed E-state index contributed by atoms with van der Waals surface area (Å²) >= 11 is 4.18. The summed E-state index contributed by atoms with van der Waals surface area (Å²) in [4.78, 5) is 13.2. The van der Waals surface area contributed by atoms with E-state index in [0.29, 0.717) is 0 Å². The van der Waals surface area contributed by atoms with Crippen LogP contribution in [0, 0.1) is 0 Å². The van der Waals surface area contributed by atoms with Gasteiger partial charge in [0.25, 0.3) is 0 Å². The fourth-order valence-electron chi connectivity index (χ4n) is 1.44. The summed E-state index contributed by atoms with van der Waals surface area (Å²) in [6.07, 6.45) is 2.63. The second kappa shape index (κ2) is 3.06. The molecule has 1 saturated heterocycles. The molecule has 2 heterocycles. The summed E-state index contributed by atoms with van der Waals surface area (Å²) in [7, 11) is 1.84. The third kappa shape index (κ3) is 1.44. The van der Waals surface area contributed by atoms with Crippen molar-refractivity contribution in [3.63, 3.8) is 0 Å². The van der Waals surface area contributed by atoms with E-state index in [9.17, 15) is 4.79 Å². The van der Waals surface area contributed by atoms with Crippen LogP contribution in [0.2, 0.25) is 0 Å². The van der Waals surface area contributed by atoms with Gasteiger partial charge in [0, 0.05) is 25.9 Å². The van der Waals surface area contributed by atoms with Crippen molar-refractivity contribution in [1.82, 2.24) is 9.78 Å². The van der Waals surface area contributed by atoms with Crippen LogP contribution in [-0.2, 0) is 11.8 Å². The molecule has 70 valence electrons. The van der Waals surface area contributed by atoms with Crippen LogP contribution >= 0.6 is 12.6 Å². The van der Waals surface area contributed by atoms with Crippen LogP contribution in [-0.4, -0.2) is 27.5 Å². The van der Waals surface area contributed by atoms with Gasteiger partial charge in [0.1, 0.15) is 0 Å². The van der Waals surface area contributed by atoms with Crippen LogP contribution in [0.15, 0.2) is 12.3 Å². The van der Waals surface area contributed by atoms with E-state index in [1.807, 2.05) is 19.3 Å². The molecule has 1 amide bonds. The second-order valence-electron chi connectivity index (χ2n) is 3.14. The minimum Gasteiger partial charge on any atom is -0.294 e. The van der Waals surface area contributed by atoms with Gasteiger partial charge in [-0.25, -0.2) is 0 Å². The van der Waals surface area contributed by atoms with E-state index in [4.69, 9.17) is 0 Å². The molecule has 1 aliphatic heterocycles. The molecular formula is C8H11N3OS. The van der Waals surface area contributed by atoms with Gasteiger partial charge in [-0.1, -0.05) is 0 Å². The maximum Gasteiger partial charge on any atom is 0.241 e. The zero-order valence-corrected chi connectivity index (χ0v) is 8.24. The third-order valence-electron chi connectivity index (χ3n) is 2.15. The van der Waals surface area contributed by atoms with Gasteiger partial charge in [0.2, 0.25) is 5.91 Å². The van der Waals surface area contributed by atoms with Crippen molar-refractivity contribution in [2.45, 2.75) is 11.7 Å². The summed E-state index contributed by atoms with van der Waals surface area (Å²) in [5.41, 5.74) is 0. The van der Waals surface area contributed by atoms with Crippen molar-refractivity contribution < 1.29 is 4.79 Å². The van der Waals surface area contributed by atoms with Gasteiger partial charge in [-0.05, 0) is 6.42 Å². The van der Waals surface area contributed by atoms with Crippen molar-refractivity contribution in [2.24, 2.45) is 7.05 Å². The molecule has 0 bridgehead atoms. The molecule has 0 aromatic carbocycles. The number of hydrogen-bond donors (Lipinski definition) is 1. The molecule has 4 nitrogen and oxygen atoms in total. The van der Waals surface area contributed by atoms with Crippen LogP contribution in [0.1, 0.15) is 6.42 Å². The number of nitrogens with zero attached hydrogens (tertiary/aromatic N) is 3. The number of carbonyl (C=O) groups excluding carboxylic acids is 1. The van der Waals surface area contributed by atoms with Gasteiger partial charge in [0.05, 0.1) is 5.25 Å². The Morgan fingerprint density at radius 2 is 2.46 bits per heavy atom. The highest BCUT2D eigenvalue weighted by atomic mass is 32.1. The highest BCUT2D eigenvalue weighted by Crippen LogP contribution is 2.21. The zero-order valence-electron chi connectivity index (χ0n) is 7.34. The molecule has 0 saturated carbocycles. The van der Waals surface area contributed by atoms with Crippen molar-refractivity contribution in [3.05, 3.63) is 12.3 Å². The lowest BCUT2D eigenvalue weighted by molar-refractivity contribution is -0.116. The largest absolute Gasteiger partial charge is 0.294 e. The number of thiol groups is 1. The Labute approximate surface area is 81.9 Å². The molecule has 1 aromatic heterocycles. The summed E-state index contributed by atoms with van der Waals surface area (Å²) < 4.78 is 1.69. The van der Waals surface area contributed by atoms with Crippen molar-refractivity contribution in [2.75, 3.05) is 11.4 Å². The summed E-state index contributed by atoms with van der Waals surface area (Å²) in [6, 6.07) is 1.84. The normalized spacial score (nSPS) is 22.8. The predicted molar refractivity (Wildman–Crippen MR) is 53.0 cm³/mol. The lowest BCUT2D eigenvalue weighted by Crippen LogP contribution is -2.27. The number of rotatable bonds is 1. The topological polar surface area (TPSA) is 38.1 Å². The monoisotopic (exact) mass is 197 g/mol. The zero-order chi connectivity index (χ0) is 9.42. The number of aryl methyl sites for hydroxylation is 1. The third-order valence-corrected chi connectivity index (χ3v) is 2.63. The lowest BCUT2D eigenvalue weighted by Gasteiger charge is -2.11. The molecule has 0 spiro atoms. The number of amides is 1. The van der Waals surface area contributed by atoms with Gasteiger partial charge in [-0.3, -0.25) is 14.4 Å². The first-order valence-electron chi connectivity index (χ1n) is 4.17. The van der Waals surface area contributed by atoms with E-state index in [-0.39, 0.29) is 11.2 Å². The average molecular weight is 197 g/mol. The molecular weight excluding hydrogens is 186 g/mol. The Bertz CT molecular complexity index is 336. The van der Waals surface area contributed by atoms with Gasteiger partial charge in [-0.15, -0.1) is 0 Å². The van der Waals surface area contributed by atoms with Crippen LogP contribution in [0.3, 0.4) is 0 Å². The maximum absolute atomic E-state index is 11.5. The Morgan fingerprint density at radius 1 is 1.69 bits per heavy atom. The molecule has 13 heavy (non-hydrogen) atoms. The van der Waals surface area contributed by atoms with Crippen molar-refractivity contribution in [1.29, 1.82) is 0 Å². The van der Waals surface area contributed by atoms with E-state index < -0.39 is 0 Å². The first-order chi connectivity index (χ1) is 6.18. The average Bonchev–Trinajstić information content (AvgIpc) is 2.62. The molecule has 1 aromatic rings. The Morgan fingerprint density at radius 3 is 2.92 bits per heavy atom. The lowest BCUT2D eigenvalue weighted by atomic mass is 10.4. The number of hydrogen-bond acceptors (Lipinski definition) is 3. The SMILES string of the molecule is Cn1ccc(N2CCC(S)C2=O)n1. The standard InChI is InChI=1S/C8H11N3OS/c1-10-4-3-7(9-10)11-5-2-6(13)8(11)12/h3-4,6,13H,2,5H2,1H3. The van der Waals surface area contributed by atoms with Gasteiger partial charge in [-0.2, -0.15) is 17.7 Å². The quantitative estimate of drug-likeness (QED) is 0.664. The van der Waals surface area contributed by atoms with Crippen LogP contribution in [0.5, 0.6) is 0 Å². The fourth-order valence-corrected chi connectivity index (χ4v) is 1.69. The summed E-state index contributed by atoms with van der Waals surface area (Å²) in [5.74, 6) is 0.783.